The zero-order chi connectivity index (χ0) is 21.0. The highest BCUT2D eigenvalue weighted by Gasteiger charge is 2.21. The summed E-state index contributed by atoms with van der Waals surface area (Å²) in [5.74, 6) is 1.50. The Bertz CT molecular complexity index is 1000. The van der Waals surface area contributed by atoms with Crippen LogP contribution in [0.15, 0.2) is 47.4 Å². The number of aryl methyl sites for hydroxylation is 1. The summed E-state index contributed by atoms with van der Waals surface area (Å²) in [6.07, 6.45) is 3.29. The average Bonchev–Trinajstić information content (AvgIpc) is 3.07. The third-order valence-corrected chi connectivity index (χ3v) is 7.69. The Balaban J connectivity index is 2.16. The van der Waals surface area contributed by atoms with Gasteiger partial charge < -0.3 is 9.47 Å². The Labute approximate surface area is 186 Å². The van der Waals surface area contributed by atoms with Crippen LogP contribution in [0.25, 0.3) is 26.1 Å². The molecule has 0 aliphatic carbocycles. The number of halogens is 1. The first kappa shape index (κ1) is 22.1. The average molecular weight is 473 g/mol. The van der Waals surface area contributed by atoms with Gasteiger partial charge in [-0.25, -0.2) is 0 Å². The fourth-order valence-electron chi connectivity index (χ4n) is 3.70. The molecule has 1 heterocycles. The Kier molecular flexibility index (Phi) is 7.55. The number of methoxy groups -OCH3 is 1. The number of thiophene rings is 1. The molecule has 0 spiro atoms. The van der Waals surface area contributed by atoms with E-state index in [-0.39, 0.29) is 6.79 Å². The number of rotatable bonds is 9. The highest BCUT2D eigenvalue weighted by Crippen LogP contribution is 2.48. The number of allylic oxidation sites excluding steroid dienone is 1. The molecule has 0 N–H and O–H groups in total. The van der Waals surface area contributed by atoms with Gasteiger partial charge in [0.2, 0.25) is 0 Å². The number of fused-ring (bicyclic) bond motifs is 1. The van der Waals surface area contributed by atoms with Crippen molar-refractivity contribution >= 4 is 42.9 Å². The van der Waals surface area contributed by atoms with E-state index in [0.29, 0.717) is 5.92 Å². The van der Waals surface area contributed by atoms with E-state index < -0.39 is 0 Å². The van der Waals surface area contributed by atoms with E-state index in [1.807, 2.05) is 0 Å². The molecule has 4 heteroatoms. The molecule has 0 saturated heterocycles. The Morgan fingerprint density at radius 1 is 1.17 bits per heavy atom. The van der Waals surface area contributed by atoms with E-state index in [4.69, 9.17) is 9.47 Å². The van der Waals surface area contributed by atoms with Crippen LogP contribution in [0.1, 0.15) is 44.2 Å². The topological polar surface area (TPSA) is 18.5 Å². The van der Waals surface area contributed by atoms with Crippen LogP contribution in [0.4, 0.5) is 0 Å². The molecule has 0 atom stereocenters. The summed E-state index contributed by atoms with van der Waals surface area (Å²) in [7, 11) is 1.65. The van der Waals surface area contributed by atoms with Gasteiger partial charge in [0, 0.05) is 32.8 Å². The summed E-state index contributed by atoms with van der Waals surface area (Å²) < 4.78 is 13.8. The van der Waals surface area contributed by atoms with Crippen LogP contribution in [-0.4, -0.2) is 13.9 Å². The van der Waals surface area contributed by atoms with Crippen LogP contribution < -0.4 is 4.74 Å². The Hall–Kier alpha value is -1.62. The molecule has 0 radical (unpaired) electrons. The first-order valence-electron chi connectivity index (χ1n) is 10.1. The third-order valence-electron chi connectivity index (χ3n) is 5.40. The molecular formula is C25H29BrO2S. The minimum atomic E-state index is 0.212. The van der Waals surface area contributed by atoms with Gasteiger partial charge >= 0.3 is 0 Å². The van der Waals surface area contributed by atoms with Gasteiger partial charge in [-0.2, -0.15) is 0 Å². The van der Waals surface area contributed by atoms with Crippen LogP contribution in [0.2, 0.25) is 0 Å². The molecule has 154 valence electrons. The zero-order valence-corrected chi connectivity index (χ0v) is 20.1. The molecule has 0 fully saturated rings. The highest BCUT2D eigenvalue weighted by molar-refractivity contribution is 9.10. The molecule has 0 unspecified atom stereocenters. The summed E-state index contributed by atoms with van der Waals surface area (Å²) in [4.78, 5) is 1.18. The highest BCUT2D eigenvalue weighted by atomic mass is 79.9. The van der Waals surface area contributed by atoms with Gasteiger partial charge in [-0.1, -0.05) is 51.5 Å². The molecule has 2 nitrogen and oxygen atoms in total. The minimum absolute atomic E-state index is 0.212. The van der Waals surface area contributed by atoms with Crippen LogP contribution in [-0.2, 0) is 4.74 Å². The van der Waals surface area contributed by atoms with Crippen molar-refractivity contribution in [2.45, 2.75) is 40.0 Å². The SMILES string of the molecule is C=C(CC(CC)CC)c1cc(C)cc(-c2sc3ccccc3c2Br)c1OCOC. The molecule has 0 aliphatic heterocycles. The maximum atomic E-state index is 6.15. The van der Waals surface area contributed by atoms with Crippen LogP contribution in [0.3, 0.4) is 0 Å². The Morgan fingerprint density at radius 2 is 1.90 bits per heavy atom. The second-order valence-electron chi connectivity index (χ2n) is 7.47. The lowest BCUT2D eigenvalue weighted by Gasteiger charge is -2.20. The Morgan fingerprint density at radius 3 is 2.55 bits per heavy atom. The largest absolute Gasteiger partial charge is 0.466 e. The van der Waals surface area contributed by atoms with E-state index >= 15 is 0 Å². The lowest BCUT2D eigenvalue weighted by molar-refractivity contribution is 0.0513. The molecule has 0 saturated carbocycles. The predicted molar refractivity (Wildman–Crippen MR) is 130 cm³/mol. The summed E-state index contributed by atoms with van der Waals surface area (Å²) in [5, 5.41) is 1.23. The molecule has 1 aromatic heterocycles. The van der Waals surface area contributed by atoms with Crippen molar-refractivity contribution in [2.24, 2.45) is 5.92 Å². The van der Waals surface area contributed by atoms with Gasteiger partial charge in [0.25, 0.3) is 0 Å². The van der Waals surface area contributed by atoms with Crippen LogP contribution in [0.5, 0.6) is 5.75 Å². The van der Waals surface area contributed by atoms with Gasteiger partial charge in [-0.3, -0.25) is 0 Å². The third kappa shape index (κ3) is 4.76. The summed E-state index contributed by atoms with van der Waals surface area (Å²) in [6.45, 7) is 11.3. The standard InChI is InChI=1S/C25H29BrO2S/c1-6-18(7-2)14-17(4)20-12-16(3)13-21(24(20)28-15-27-5)25-23(26)19-10-8-9-11-22(19)29-25/h8-13,18H,4,6-7,14-15H2,1-3,5H3. The number of ether oxygens (including phenoxy) is 2. The molecule has 3 rings (SSSR count). The maximum Gasteiger partial charge on any atom is 0.188 e. The fraction of sp³-hybridized carbons (Fsp3) is 0.360. The van der Waals surface area contributed by atoms with E-state index in [1.165, 1.54) is 20.5 Å². The van der Waals surface area contributed by atoms with Crippen molar-refractivity contribution in [1.82, 2.24) is 0 Å². The van der Waals surface area contributed by atoms with Gasteiger partial charge in [0.15, 0.2) is 6.79 Å². The first-order valence-corrected chi connectivity index (χ1v) is 11.7. The molecule has 0 aliphatic rings. The van der Waals surface area contributed by atoms with Gasteiger partial charge in [-0.05, 0) is 64.5 Å². The van der Waals surface area contributed by atoms with Crippen molar-refractivity contribution in [1.29, 1.82) is 0 Å². The van der Waals surface area contributed by atoms with Crippen molar-refractivity contribution in [2.75, 3.05) is 13.9 Å². The van der Waals surface area contributed by atoms with E-state index in [1.54, 1.807) is 18.4 Å². The second-order valence-corrected chi connectivity index (χ2v) is 9.32. The first-order chi connectivity index (χ1) is 14.0. The van der Waals surface area contributed by atoms with Crippen molar-refractivity contribution in [3.63, 3.8) is 0 Å². The number of hydrogen-bond acceptors (Lipinski definition) is 3. The van der Waals surface area contributed by atoms with E-state index in [0.717, 1.165) is 46.2 Å². The molecule has 0 bridgehead atoms. The second kappa shape index (κ2) is 9.92. The van der Waals surface area contributed by atoms with Crippen LogP contribution in [0, 0.1) is 12.8 Å². The van der Waals surface area contributed by atoms with Crippen LogP contribution >= 0.6 is 27.3 Å². The predicted octanol–water partition coefficient (Wildman–Crippen LogP) is 8.46. The minimum Gasteiger partial charge on any atom is -0.466 e. The smallest absolute Gasteiger partial charge is 0.188 e. The van der Waals surface area contributed by atoms with Gasteiger partial charge in [0.1, 0.15) is 5.75 Å². The van der Waals surface area contributed by atoms with Gasteiger partial charge in [-0.15, -0.1) is 11.3 Å². The van der Waals surface area contributed by atoms with Crippen molar-refractivity contribution < 1.29 is 9.47 Å². The van der Waals surface area contributed by atoms with E-state index in [2.05, 4.69) is 79.7 Å². The molecule has 3 aromatic rings. The summed E-state index contributed by atoms with van der Waals surface area (Å²) in [6, 6.07) is 12.9. The zero-order valence-electron chi connectivity index (χ0n) is 17.7. The number of benzene rings is 2. The van der Waals surface area contributed by atoms with Crippen molar-refractivity contribution in [3.8, 4) is 16.2 Å². The summed E-state index contributed by atoms with van der Waals surface area (Å²) >= 11 is 5.62. The quantitative estimate of drug-likeness (QED) is 0.290. The summed E-state index contributed by atoms with van der Waals surface area (Å²) in [5.41, 5.74) is 4.52. The molecule has 29 heavy (non-hydrogen) atoms. The van der Waals surface area contributed by atoms with E-state index in [9.17, 15) is 0 Å². The lowest BCUT2D eigenvalue weighted by atomic mass is 9.89. The van der Waals surface area contributed by atoms with Crippen molar-refractivity contribution in [3.05, 3.63) is 58.6 Å². The molecule has 2 aromatic carbocycles. The normalized spacial score (nSPS) is 11.4. The number of hydrogen-bond donors (Lipinski definition) is 0. The molecule has 0 amide bonds. The van der Waals surface area contributed by atoms with Gasteiger partial charge in [0.05, 0.1) is 4.88 Å². The lowest BCUT2D eigenvalue weighted by Crippen LogP contribution is -2.05. The monoisotopic (exact) mass is 472 g/mol. The maximum absolute atomic E-state index is 6.15. The fourth-order valence-corrected chi connectivity index (χ4v) is 5.74. The molecular weight excluding hydrogens is 444 g/mol.